The second kappa shape index (κ2) is 7.31. The van der Waals surface area contributed by atoms with Gasteiger partial charge in [-0.2, -0.15) is 0 Å². The van der Waals surface area contributed by atoms with Gasteiger partial charge in [0, 0.05) is 24.2 Å². The van der Waals surface area contributed by atoms with Gasteiger partial charge in [-0.05, 0) is 44.5 Å². The highest BCUT2D eigenvalue weighted by Gasteiger charge is 2.23. The number of aliphatic carboxylic acids is 1. The predicted octanol–water partition coefficient (Wildman–Crippen LogP) is 2.23. The predicted molar refractivity (Wildman–Crippen MR) is 90.7 cm³/mol. The number of carbonyl (C=O) groups is 2. The van der Waals surface area contributed by atoms with Gasteiger partial charge in [-0.15, -0.1) is 0 Å². The molecule has 0 fully saturated rings. The number of methoxy groups -OCH3 is 1. The van der Waals surface area contributed by atoms with E-state index in [0.717, 1.165) is 22.6 Å². The first-order valence-electron chi connectivity index (χ1n) is 7.63. The Morgan fingerprint density at radius 3 is 2.54 bits per heavy atom. The summed E-state index contributed by atoms with van der Waals surface area (Å²) in [6, 6.07) is 8.66. The molecule has 6 heteroatoms. The Labute approximate surface area is 141 Å². The minimum Gasteiger partial charge on any atom is -0.480 e. The van der Waals surface area contributed by atoms with Crippen LogP contribution in [0, 0.1) is 20.8 Å². The topological polar surface area (TPSA) is 80.6 Å². The summed E-state index contributed by atoms with van der Waals surface area (Å²) in [5.74, 6) is -1.55. The maximum absolute atomic E-state index is 12.5. The number of hydrogen-bond donors (Lipinski definition) is 2. The minimum atomic E-state index is -1.13. The average molecular weight is 330 g/mol. The van der Waals surface area contributed by atoms with Gasteiger partial charge >= 0.3 is 5.97 Å². The number of carboxylic acid groups (broad SMARTS) is 1. The summed E-state index contributed by atoms with van der Waals surface area (Å²) < 4.78 is 6.82. The Morgan fingerprint density at radius 2 is 1.96 bits per heavy atom. The summed E-state index contributed by atoms with van der Waals surface area (Å²) in [5.41, 5.74) is 4.21. The van der Waals surface area contributed by atoms with Gasteiger partial charge in [-0.25, -0.2) is 4.79 Å². The van der Waals surface area contributed by atoms with Gasteiger partial charge in [0.1, 0.15) is 0 Å². The summed E-state index contributed by atoms with van der Waals surface area (Å²) >= 11 is 0. The van der Waals surface area contributed by atoms with E-state index in [1.165, 1.54) is 7.11 Å². The lowest BCUT2D eigenvalue weighted by molar-refractivity contribution is -0.140. The maximum atomic E-state index is 12.5. The SMILES string of the molecule is COCC(NC(=O)c1cc(C)n(-c2cccc(C)c2)c1C)C(=O)O. The van der Waals surface area contributed by atoms with Crippen LogP contribution in [0.25, 0.3) is 5.69 Å². The summed E-state index contributed by atoms with van der Waals surface area (Å²) in [7, 11) is 1.39. The number of carboxylic acids is 1. The van der Waals surface area contributed by atoms with Gasteiger partial charge < -0.3 is 19.7 Å². The largest absolute Gasteiger partial charge is 0.480 e. The van der Waals surface area contributed by atoms with E-state index in [1.807, 2.05) is 49.6 Å². The number of rotatable bonds is 6. The van der Waals surface area contributed by atoms with Crippen LogP contribution in [0.5, 0.6) is 0 Å². The molecule has 0 aliphatic heterocycles. The molecule has 2 aromatic rings. The van der Waals surface area contributed by atoms with Crippen molar-refractivity contribution in [2.45, 2.75) is 26.8 Å². The van der Waals surface area contributed by atoms with E-state index in [-0.39, 0.29) is 6.61 Å². The van der Waals surface area contributed by atoms with Crippen LogP contribution in [0.4, 0.5) is 0 Å². The molecule has 128 valence electrons. The van der Waals surface area contributed by atoms with Crippen molar-refractivity contribution < 1.29 is 19.4 Å². The number of hydrogen-bond acceptors (Lipinski definition) is 3. The zero-order valence-corrected chi connectivity index (χ0v) is 14.3. The van der Waals surface area contributed by atoms with Gasteiger partial charge in [-0.3, -0.25) is 4.79 Å². The molecule has 0 bridgehead atoms. The van der Waals surface area contributed by atoms with Crippen LogP contribution in [0.1, 0.15) is 27.3 Å². The average Bonchev–Trinajstić information content (AvgIpc) is 2.81. The van der Waals surface area contributed by atoms with Crippen LogP contribution in [-0.4, -0.2) is 41.3 Å². The van der Waals surface area contributed by atoms with Crippen molar-refractivity contribution >= 4 is 11.9 Å². The Bertz CT molecular complexity index is 764. The monoisotopic (exact) mass is 330 g/mol. The number of aromatic nitrogens is 1. The normalized spacial score (nSPS) is 12.0. The molecule has 0 saturated carbocycles. The molecule has 1 amide bonds. The molecule has 0 radical (unpaired) electrons. The number of nitrogens with zero attached hydrogens (tertiary/aromatic N) is 1. The summed E-state index contributed by atoms with van der Waals surface area (Å²) in [6.45, 7) is 5.68. The molecule has 6 nitrogen and oxygen atoms in total. The summed E-state index contributed by atoms with van der Waals surface area (Å²) in [5, 5.41) is 11.6. The number of benzene rings is 1. The van der Waals surface area contributed by atoms with Crippen molar-refractivity contribution in [3.63, 3.8) is 0 Å². The molecule has 1 heterocycles. The first kappa shape index (κ1) is 17.7. The molecule has 0 aliphatic carbocycles. The van der Waals surface area contributed by atoms with Gasteiger partial charge in [0.05, 0.1) is 12.2 Å². The first-order valence-corrected chi connectivity index (χ1v) is 7.63. The lowest BCUT2D eigenvalue weighted by atomic mass is 10.2. The smallest absolute Gasteiger partial charge is 0.328 e. The Morgan fingerprint density at radius 1 is 1.25 bits per heavy atom. The Hall–Kier alpha value is -2.60. The summed E-state index contributed by atoms with van der Waals surface area (Å²) in [6.07, 6.45) is 0. The summed E-state index contributed by atoms with van der Waals surface area (Å²) in [4.78, 5) is 23.6. The van der Waals surface area contributed by atoms with E-state index in [4.69, 9.17) is 9.84 Å². The maximum Gasteiger partial charge on any atom is 0.328 e. The third-order valence-corrected chi connectivity index (χ3v) is 3.87. The first-order chi connectivity index (χ1) is 11.3. The highest BCUT2D eigenvalue weighted by molar-refractivity contribution is 5.98. The third-order valence-electron chi connectivity index (χ3n) is 3.87. The van der Waals surface area contributed by atoms with Gasteiger partial charge in [0.2, 0.25) is 0 Å². The molecule has 1 aromatic heterocycles. The molecular formula is C18H22N2O4. The van der Waals surface area contributed by atoms with Gasteiger partial charge in [0.25, 0.3) is 5.91 Å². The molecular weight excluding hydrogens is 308 g/mol. The van der Waals surface area contributed by atoms with Crippen molar-refractivity contribution in [1.82, 2.24) is 9.88 Å². The Balaban J connectivity index is 2.34. The van der Waals surface area contributed by atoms with Crippen LogP contribution >= 0.6 is 0 Å². The molecule has 0 spiro atoms. The Kier molecular flexibility index (Phi) is 5.41. The number of carbonyl (C=O) groups excluding carboxylic acids is 1. The second-order valence-corrected chi connectivity index (χ2v) is 5.78. The molecule has 0 saturated heterocycles. The van der Waals surface area contributed by atoms with E-state index in [9.17, 15) is 9.59 Å². The van der Waals surface area contributed by atoms with Crippen molar-refractivity contribution in [1.29, 1.82) is 0 Å². The number of amides is 1. The standard InChI is InChI=1S/C18H22N2O4/c1-11-6-5-7-14(8-11)20-12(2)9-15(13(20)3)17(21)19-16(10-24-4)18(22)23/h5-9,16H,10H2,1-4H3,(H,19,21)(H,22,23). The van der Waals surface area contributed by atoms with E-state index in [2.05, 4.69) is 5.32 Å². The molecule has 1 aromatic carbocycles. The fraction of sp³-hybridized carbons (Fsp3) is 0.333. The highest BCUT2D eigenvalue weighted by atomic mass is 16.5. The van der Waals surface area contributed by atoms with E-state index in [0.29, 0.717) is 5.56 Å². The van der Waals surface area contributed by atoms with Crippen molar-refractivity contribution in [2.75, 3.05) is 13.7 Å². The number of aryl methyl sites for hydroxylation is 2. The zero-order chi connectivity index (χ0) is 17.9. The van der Waals surface area contributed by atoms with Crippen LogP contribution in [-0.2, 0) is 9.53 Å². The van der Waals surface area contributed by atoms with Crippen LogP contribution < -0.4 is 5.32 Å². The fourth-order valence-corrected chi connectivity index (χ4v) is 2.73. The van der Waals surface area contributed by atoms with Crippen LogP contribution in [0.15, 0.2) is 30.3 Å². The van der Waals surface area contributed by atoms with Crippen LogP contribution in [0.2, 0.25) is 0 Å². The van der Waals surface area contributed by atoms with E-state index in [1.54, 1.807) is 6.07 Å². The molecule has 0 aliphatic rings. The fourth-order valence-electron chi connectivity index (χ4n) is 2.73. The van der Waals surface area contributed by atoms with Crippen molar-refractivity contribution in [3.05, 3.63) is 52.8 Å². The van der Waals surface area contributed by atoms with Gasteiger partial charge in [0.15, 0.2) is 6.04 Å². The zero-order valence-electron chi connectivity index (χ0n) is 14.3. The van der Waals surface area contributed by atoms with Crippen LogP contribution in [0.3, 0.4) is 0 Å². The third kappa shape index (κ3) is 3.65. The van der Waals surface area contributed by atoms with Crippen molar-refractivity contribution in [2.24, 2.45) is 0 Å². The second-order valence-electron chi connectivity index (χ2n) is 5.78. The lowest BCUT2D eigenvalue weighted by Gasteiger charge is -2.14. The lowest BCUT2D eigenvalue weighted by Crippen LogP contribution is -2.43. The van der Waals surface area contributed by atoms with E-state index < -0.39 is 17.9 Å². The number of ether oxygens (including phenoxy) is 1. The van der Waals surface area contributed by atoms with Gasteiger partial charge in [-0.1, -0.05) is 12.1 Å². The highest BCUT2D eigenvalue weighted by Crippen LogP contribution is 2.21. The molecule has 1 unspecified atom stereocenters. The minimum absolute atomic E-state index is 0.0856. The molecule has 1 atom stereocenters. The molecule has 2 N–H and O–H groups in total. The molecule has 24 heavy (non-hydrogen) atoms. The van der Waals surface area contributed by atoms with Crippen molar-refractivity contribution in [3.8, 4) is 5.69 Å². The molecule has 2 rings (SSSR count). The van der Waals surface area contributed by atoms with E-state index >= 15 is 0 Å². The quantitative estimate of drug-likeness (QED) is 0.851. The number of nitrogens with one attached hydrogen (secondary N) is 1.